The van der Waals surface area contributed by atoms with Crippen molar-refractivity contribution >= 4 is 17.5 Å². The fourth-order valence-corrected chi connectivity index (χ4v) is 5.97. The first-order chi connectivity index (χ1) is 18.2. The van der Waals surface area contributed by atoms with E-state index in [1.807, 2.05) is 17.0 Å². The maximum Gasteiger partial charge on any atom is 0.254 e. The number of benzene rings is 2. The smallest absolute Gasteiger partial charge is 0.254 e. The van der Waals surface area contributed by atoms with Crippen LogP contribution < -0.4 is 10.6 Å². The third-order valence-corrected chi connectivity index (χ3v) is 8.01. The average molecular weight is 519 g/mol. The molecule has 0 aromatic heterocycles. The summed E-state index contributed by atoms with van der Waals surface area (Å²) in [4.78, 5) is 29.1. The van der Waals surface area contributed by atoms with Crippen LogP contribution in [0.2, 0.25) is 0 Å². The molecule has 3 aliphatic rings. The third-order valence-electron chi connectivity index (χ3n) is 8.01. The highest BCUT2D eigenvalue weighted by molar-refractivity contribution is 6.00. The summed E-state index contributed by atoms with van der Waals surface area (Å²) in [5.41, 5.74) is 6.70. The second-order valence-electron chi connectivity index (χ2n) is 12.1. The van der Waals surface area contributed by atoms with E-state index in [1.54, 1.807) is 0 Å². The molecule has 2 N–H and O–H groups in total. The lowest BCUT2D eigenvalue weighted by Crippen LogP contribution is -2.48. The zero-order valence-corrected chi connectivity index (χ0v) is 23.3. The number of carbonyl (C=O) groups is 2. The van der Waals surface area contributed by atoms with E-state index in [-0.39, 0.29) is 23.5 Å². The minimum Gasteiger partial charge on any atom is -0.381 e. The molecule has 0 aliphatic carbocycles. The molecule has 0 saturated carbocycles. The molecule has 1 unspecified atom stereocenters. The molecule has 2 fully saturated rings. The molecule has 1 atom stereocenters. The van der Waals surface area contributed by atoms with Gasteiger partial charge in [0.2, 0.25) is 5.91 Å². The van der Waals surface area contributed by atoms with Crippen molar-refractivity contribution in [2.24, 2.45) is 0 Å². The quantitative estimate of drug-likeness (QED) is 0.560. The minimum atomic E-state index is -0.0729. The Hall–Kier alpha value is -2.90. The van der Waals surface area contributed by atoms with E-state index in [4.69, 9.17) is 4.74 Å². The van der Waals surface area contributed by atoms with E-state index in [1.165, 1.54) is 16.7 Å². The summed E-state index contributed by atoms with van der Waals surface area (Å²) in [5, 5.41) is 6.50. The molecule has 7 nitrogen and oxygen atoms in total. The Balaban J connectivity index is 1.17. The van der Waals surface area contributed by atoms with Gasteiger partial charge in [-0.3, -0.25) is 14.5 Å². The second-order valence-corrected chi connectivity index (χ2v) is 12.1. The molecule has 2 aromatic carbocycles. The van der Waals surface area contributed by atoms with E-state index >= 15 is 0 Å². The lowest BCUT2D eigenvalue weighted by molar-refractivity contribution is -0.123. The SMILES string of the molecule is Cc1cc(CNc2cccc3c2CN(C2CCC(=O)NC2)C3=O)ccc1CN1CCC(OC(C)(C)C)CC1. The standard InChI is InChI=1S/C31H42N4O3/c1-21-16-22(8-9-23(21)19-34-14-12-25(13-15-34)38-31(2,3)4)17-32-28-7-5-6-26-27(28)20-35(30(26)37)24-10-11-29(36)33-18-24/h5-9,16,24-25,32H,10-15,17-20H2,1-4H3,(H,33,36). The summed E-state index contributed by atoms with van der Waals surface area (Å²) in [6.45, 7) is 13.6. The Labute approximate surface area is 226 Å². The van der Waals surface area contributed by atoms with Gasteiger partial charge in [0.25, 0.3) is 5.91 Å². The summed E-state index contributed by atoms with van der Waals surface area (Å²) in [6, 6.07) is 12.8. The van der Waals surface area contributed by atoms with E-state index in [9.17, 15) is 9.59 Å². The first-order valence-corrected chi connectivity index (χ1v) is 14.1. The molecule has 2 saturated heterocycles. The number of likely N-dealkylation sites (tertiary alicyclic amines) is 1. The van der Waals surface area contributed by atoms with Crippen LogP contribution in [-0.4, -0.2) is 59.0 Å². The molecule has 5 rings (SSSR count). The number of hydrogen-bond donors (Lipinski definition) is 2. The van der Waals surface area contributed by atoms with Crippen LogP contribution in [-0.2, 0) is 29.2 Å². The van der Waals surface area contributed by atoms with Gasteiger partial charge in [-0.2, -0.15) is 0 Å². The van der Waals surface area contributed by atoms with E-state index in [0.29, 0.717) is 32.2 Å². The van der Waals surface area contributed by atoms with Gasteiger partial charge in [-0.05, 0) is 75.8 Å². The van der Waals surface area contributed by atoms with E-state index in [0.717, 1.165) is 55.7 Å². The number of piperidine rings is 2. The number of hydrogen-bond acceptors (Lipinski definition) is 5. The number of nitrogens with one attached hydrogen (secondary N) is 2. The van der Waals surface area contributed by atoms with Gasteiger partial charge in [-0.15, -0.1) is 0 Å². The van der Waals surface area contributed by atoms with Gasteiger partial charge in [-0.25, -0.2) is 0 Å². The van der Waals surface area contributed by atoms with Gasteiger partial charge in [0.15, 0.2) is 0 Å². The van der Waals surface area contributed by atoms with Crippen LogP contribution in [0.5, 0.6) is 0 Å². The van der Waals surface area contributed by atoms with Crippen molar-refractivity contribution in [2.75, 3.05) is 25.0 Å². The largest absolute Gasteiger partial charge is 0.381 e. The van der Waals surface area contributed by atoms with Gasteiger partial charge in [-0.1, -0.05) is 24.3 Å². The molecule has 3 aliphatic heterocycles. The molecular weight excluding hydrogens is 476 g/mol. The van der Waals surface area contributed by atoms with Gasteiger partial charge < -0.3 is 20.3 Å². The summed E-state index contributed by atoms with van der Waals surface area (Å²) in [6.07, 6.45) is 3.76. The van der Waals surface area contributed by atoms with Crippen molar-refractivity contribution in [1.82, 2.24) is 15.1 Å². The minimum absolute atomic E-state index is 0.0625. The van der Waals surface area contributed by atoms with Crippen molar-refractivity contribution in [2.45, 2.75) is 90.8 Å². The Morgan fingerprint density at radius 2 is 1.87 bits per heavy atom. The number of anilines is 1. The summed E-state index contributed by atoms with van der Waals surface area (Å²) in [7, 11) is 0. The fourth-order valence-electron chi connectivity index (χ4n) is 5.97. The predicted molar refractivity (Wildman–Crippen MR) is 150 cm³/mol. The maximum atomic E-state index is 13.1. The molecule has 204 valence electrons. The van der Waals surface area contributed by atoms with Crippen LogP contribution in [0.4, 0.5) is 5.69 Å². The summed E-state index contributed by atoms with van der Waals surface area (Å²) >= 11 is 0. The van der Waals surface area contributed by atoms with Crippen molar-refractivity contribution in [1.29, 1.82) is 0 Å². The van der Waals surface area contributed by atoms with Gasteiger partial charge in [0.05, 0.1) is 17.7 Å². The van der Waals surface area contributed by atoms with Crippen LogP contribution in [0.25, 0.3) is 0 Å². The average Bonchev–Trinajstić information content (AvgIpc) is 3.22. The summed E-state index contributed by atoms with van der Waals surface area (Å²) in [5.74, 6) is 0.142. The lowest BCUT2D eigenvalue weighted by Gasteiger charge is -2.35. The van der Waals surface area contributed by atoms with Gasteiger partial charge in [0, 0.05) is 62.5 Å². The Bertz CT molecular complexity index is 1170. The van der Waals surface area contributed by atoms with Crippen LogP contribution in [0, 0.1) is 6.92 Å². The normalized spacial score (nSPS) is 20.9. The van der Waals surface area contributed by atoms with Crippen molar-refractivity contribution in [3.8, 4) is 0 Å². The van der Waals surface area contributed by atoms with Crippen molar-refractivity contribution in [3.05, 3.63) is 64.2 Å². The molecule has 7 heteroatoms. The second kappa shape index (κ2) is 11.1. The van der Waals surface area contributed by atoms with E-state index in [2.05, 4.69) is 67.5 Å². The van der Waals surface area contributed by atoms with Crippen molar-refractivity contribution < 1.29 is 14.3 Å². The zero-order chi connectivity index (χ0) is 26.9. The highest BCUT2D eigenvalue weighted by Crippen LogP contribution is 2.32. The molecule has 2 aromatic rings. The fraction of sp³-hybridized carbons (Fsp3) is 0.548. The maximum absolute atomic E-state index is 13.1. The highest BCUT2D eigenvalue weighted by atomic mass is 16.5. The third kappa shape index (κ3) is 6.21. The monoisotopic (exact) mass is 518 g/mol. The van der Waals surface area contributed by atoms with Crippen LogP contribution in [0.3, 0.4) is 0 Å². The van der Waals surface area contributed by atoms with E-state index < -0.39 is 0 Å². The molecule has 0 radical (unpaired) electrons. The number of ether oxygens (including phenoxy) is 1. The van der Waals surface area contributed by atoms with Gasteiger partial charge in [0.1, 0.15) is 0 Å². The topological polar surface area (TPSA) is 73.9 Å². The lowest BCUT2D eigenvalue weighted by atomic mass is 10.0. The predicted octanol–water partition coefficient (Wildman–Crippen LogP) is 4.62. The Morgan fingerprint density at radius 3 is 2.55 bits per heavy atom. The number of amides is 2. The molecule has 0 bridgehead atoms. The number of carbonyl (C=O) groups excluding carboxylic acids is 2. The zero-order valence-electron chi connectivity index (χ0n) is 23.3. The highest BCUT2D eigenvalue weighted by Gasteiger charge is 2.35. The first kappa shape index (κ1) is 26.7. The van der Waals surface area contributed by atoms with Crippen LogP contribution >= 0.6 is 0 Å². The van der Waals surface area contributed by atoms with Crippen LogP contribution in [0.1, 0.15) is 79.1 Å². The number of nitrogens with zero attached hydrogens (tertiary/aromatic N) is 2. The number of aryl methyl sites for hydroxylation is 1. The number of rotatable bonds is 7. The Morgan fingerprint density at radius 1 is 1.08 bits per heavy atom. The van der Waals surface area contributed by atoms with Crippen LogP contribution in [0.15, 0.2) is 36.4 Å². The number of fused-ring (bicyclic) bond motifs is 1. The molecule has 3 heterocycles. The molecule has 0 spiro atoms. The Kier molecular flexibility index (Phi) is 7.78. The molecular formula is C31H42N4O3. The first-order valence-electron chi connectivity index (χ1n) is 14.1. The summed E-state index contributed by atoms with van der Waals surface area (Å²) < 4.78 is 6.18. The molecule has 2 amide bonds. The molecule has 38 heavy (non-hydrogen) atoms. The van der Waals surface area contributed by atoms with Gasteiger partial charge >= 0.3 is 0 Å². The van der Waals surface area contributed by atoms with Crippen molar-refractivity contribution in [3.63, 3.8) is 0 Å².